The molecule has 1 unspecified atom stereocenters. The first kappa shape index (κ1) is 27.4. The lowest BCUT2D eigenvalue weighted by Gasteiger charge is -2.17. The van der Waals surface area contributed by atoms with Gasteiger partial charge < -0.3 is 20.1 Å². The van der Waals surface area contributed by atoms with Crippen molar-refractivity contribution in [1.82, 2.24) is 19.8 Å². The molecule has 0 saturated carbocycles. The average molecular weight is 524 g/mol. The zero-order valence-electron chi connectivity index (χ0n) is 21.7. The van der Waals surface area contributed by atoms with Crippen LogP contribution in [0.1, 0.15) is 37.3 Å². The minimum absolute atomic E-state index is 0.207. The van der Waals surface area contributed by atoms with Gasteiger partial charge in [0.05, 0.1) is 12.7 Å². The third-order valence-corrected chi connectivity index (χ3v) is 6.81. The first-order chi connectivity index (χ1) is 18.4. The van der Waals surface area contributed by atoms with E-state index in [2.05, 4.69) is 44.8 Å². The van der Waals surface area contributed by atoms with Gasteiger partial charge in [0.25, 0.3) is 0 Å². The van der Waals surface area contributed by atoms with Gasteiger partial charge in [0.15, 0.2) is 5.82 Å². The average Bonchev–Trinajstić information content (AvgIpc) is 3.51. The molecular weight excluding hydrogens is 488 g/mol. The summed E-state index contributed by atoms with van der Waals surface area (Å²) in [4.78, 5) is 32.1. The van der Waals surface area contributed by atoms with E-state index in [1.807, 2.05) is 17.6 Å². The normalized spacial score (nSPS) is 16.3. The fourth-order valence-electron chi connectivity index (χ4n) is 4.95. The first-order valence-electron chi connectivity index (χ1n) is 13.2. The number of nitrogens with one attached hydrogen (secondary N) is 2. The van der Waals surface area contributed by atoms with Gasteiger partial charge in [-0.2, -0.15) is 0 Å². The Morgan fingerprint density at radius 2 is 1.84 bits per heavy atom. The molecule has 0 spiro atoms. The number of nitrogens with zero attached hydrogens (tertiary/aromatic N) is 3. The standard InChI is InChI=1S/C29H35F2N5O2/c1-2-6-26(33-28(37)16-23-14-24(30)17-25(31)15-23)29(38)34-27-19-36(20-32-27)12-11-35-10-9-22(18-35)13-21-7-4-3-5-8-21/h3-5,7-8,14-15,17,19-20,22,26H,2,6,9-13,16,18H2,1H3,(H,33,37)(H,34,38)/t22?,26-/m0/s1. The number of hydrogen-bond acceptors (Lipinski definition) is 4. The second kappa shape index (κ2) is 13.3. The maximum absolute atomic E-state index is 13.4. The Morgan fingerprint density at radius 1 is 1.08 bits per heavy atom. The van der Waals surface area contributed by atoms with Crippen LogP contribution in [-0.2, 0) is 29.0 Å². The van der Waals surface area contributed by atoms with Gasteiger partial charge in [-0.25, -0.2) is 13.8 Å². The highest BCUT2D eigenvalue weighted by atomic mass is 19.1. The molecule has 2 heterocycles. The molecule has 3 aromatic rings. The van der Waals surface area contributed by atoms with Crippen LogP contribution in [0.2, 0.25) is 0 Å². The largest absolute Gasteiger partial charge is 0.344 e. The highest BCUT2D eigenvalue weighted by Crippen LogP contribution is 2.21. The predicted molar refractivity (Wildman–Crippen MR) is 142 cm³/mol. The van der Waals surface area contributed by atoms with Crippen molar-refractivity contribution in [2.45, 2.75) is 51.6 Å². The molecule has 2 aromatic carbocycles. The number of anilines is 1. The van der Waals surface area contributed by atoms with Crippen LogP contribution >= 0.6 is 0 Å². The van der Waals surface area contributed by atoms with Crippen LogP contribution in [0.15, 0.2) is 61.1 Å². The Morgan fingerprint density at radius 3 is 2.58 bits per heavy atom. The van der Waals surface area contributed by atoms with E-state index in [0.717, 1.165) is 50.8 Å². The number of hydrogen-bond donors (Lipinski definition) is 2. The quantitative estimate of drug-likeness (QED) is 0.373. The van der Waals surface area contributed by atoms with Crippen molar-refractivity contribution < 1.29 is 18.4 Å². The van der Waals surface area contributed by atoms with E-state index < -0.39 is 23.6 Å². The number of carbonyl (C=O) groups is 2. The highest BCUT2D eigenvalue weighted by Gasteiger charge is 2.23. The molecule has 1 fully saturated rings. The summed E-state index contributed by atoms with van der Waals surface area (Å²) in [5, 5.41) is 5.46. The Kier molecular flexibility index (Phi) is 9.59. The number of amides is 2. The molecule has 2 N–H and O–H groups in total. The Bertz CT molecular complexity index is 1200. The molecule has 4 rings (SSSR count). The van der Waals surface area contributed by atoms with Gasteiger partial charge in [0.2, 0.25) is 11.8 Å². The van der Waals surface area contributed by atoms with Gasteiger partial charge in [-0.1, -0.05) is 43.7 Å². The summed E-state index contributed by atoms with van der Waals surface area (Å²) >= 11 is 0. The van der Waals surface area contributed by atoms with Gasteiger partial charge in [0.1, 0.15) is 17.7 Å². The molecule has 0 aliphatic carbocycles. The molecule has 1 aliphatic rings. The van der Waals surface area contributed by atoms with Crippen molar-refractivity contribution in [1.29, 1.82) is 0 Å². The van der Waals surface area contributed by atoms with Crippen molar-refractivity contribution in [3.8, 4) is 0 Å². The topological polar surface area (TPSA) is 79.3 Å². The SMILES string of the molecule is CCC[C@H](NC(=O)Cc1cc(F)cc(F)c1)C(=O)Nc1cn(CCN2CCC(Cc3ccccc3)C2)cn1. The molecule has 2 atom stereocenters. The van der Waals surface area contributed by atoms with E-state index in [1.165, 1.54) is 12.0 Å². The Balaban J connectivity index is 1.23. The highest BCUT2D eigenvalue weighted by molar-refractivity contribution is 5.96. The third kappa shape index (κ3) is 8.21. The minimum atomic E-state index is -0.776. The smallest absolute Gasteiger partial charge is 0.248 e. The van der Waals surface area contributed by atoms with Crippen molar-refractivity contribution in [2.75, 3.05) is 25.0 Å². The molecule has 0 bridgehead atoms. The second-order valence-electron chi connectivity index (χ2n) is 9.99. The number of benzene rings is 2. The third-order valence-electron chi connectivity index (χ3n) is 6.81. The first-order valence-corrected chi connectivity index (χ1v) is 13.2. The molecule has 0 radical (unpaired) electrons. The van der Waals surface area contributed by atoms with Crippen LogP contribution in [0.25, 0.3) is 0 Å². The van der Waals surface area contributed by atoms with Gasteiger partial charge in [-0.05, 0) is 55.0 Å². The maximum Gasteiger partial charge on any atom is 0.248 e. The summed E-state index contributed by atoms with van der Waals surface area (Å²) in [6.45, 7) is 5.74. The van der Waals surface area contributed by atoms with E-state index in [9.17, 15) is 18.4 Å². The predicted octanol–water partition coefficient (Wildman–Crippen LogP) is 4.19. The molecule has 9 heteroatoms. The van der Waals surface area contributed by atoms with Crippen LogP contribution in [-0.4, -0.2) is 51.9 Å². The lowest BCUT2D eigenvalue weighted by Crippen LogP contribution is -2.44. The number of halogens is 2. The van der Waals surface area contributed by atoms with E-state index in [0.29, 0.717) is 24.6 Å². The Hall–Kier alpha value is -3.59. The lowest BCUT2D eigenvalue weighted by molar-refractivity contribution is -0.126. The number of aromatic nitrogens is 2. The minimum Gasteiger partial charge on any atom is -0.344 e. The fraction of sp³-hybridized carbons (Fsp3) is 0.414. The summed E-state index contributed by atoms with van der Waals surface area (Å²) in [7, 11) is 0. The van der Waals surface area contributed by atoms with E-state index in [-0.39, 0.29) is 17.9 Å². The molecular formula is C29H35F2N5O2. The van der Waals surface area contributed by atoms with Crippen LogP contribution in [0.5, 0.6) is 0 Å². The molecule has 202 valence electrons. The van der Waals surface area contributed by atoms with E-state index in [4.69, 9.17) is 0 Å². The summed E-state index contributed by atoms with van der Waals surface area (Å²) in [6.07, 6.45) is 6.65. The van der Waals surface area contributed by atoms with Crippen molar-refractivity contribution in [2.24, 2.45) is 5.92 Å². The lowest BCUT2D eigenvalue weighted by atomic mass is 9.99. The van der Waals surface area contributed by atoms with Crippen LogP contribution < -0.4 is 10.6 Å². The summed E-state index contributed by atoms with van der Waals surface area (Å²) in [5.41, 5.74) is 1.59. The van der Waals surface area contributed by atoms with E-state index in [1.54, 1.807) is 12.5 Å². The summed E-state index contributed by atoms with van der Waals surface area (Å²) < 4.78 is 28.8. The van der Waals surface area contributed by atoms with Gasteiger partial charge in [-0.15, -0.1) is 0 Å². The fourth-order valence-corrected chi connectivity index (χ4v) is 4.95. The number of imidazole rings is 1. The van der Waals surface area contributed by atoms with E-state index >= 15 is 0 Å². The van der Waals surface area contributed by atoms with Gasteiger partial charge in [-0.3, -0.25) is 9.59 Å². The number of likely N-dealkylation sites (tertiary alicyclic amines) is 1. The number of carbonyl (C=O) groups excluding carboxylic acids is 2. The zero-order chi connectivity index (χ0) is 26.9. The summed E-state index contributed by atoms with van der Waals surface area (Å²) in [6, 6.07) is 12.8. The monoisotopic (exact) mass is 523 g/mol. The number of rotatable bonds is 12. The second-order valence-corrected chi connectivity index (χ2v) is 9.99. The molecule has 2 amide bonds. The van der Waals surface area contributed by atoms with Crippen LogP contribution in [0.4, 0.5) is 14.6 Å². The molecule has 1 aromatic heterocycles. The van der Waals surface area contributed by atoms with Gasteiger partial charge in [0, 0.05) is 31.9 Å². The molecule has 38 heavy (non-hydrogen) atoms. The van der Waals surface area contributed by atoms with Gasteiger partial charge >= 0.3 is 0 Å². The van der Waals surface area contributed by atoms with Crippen molar-refractivity contribution >= 4 is 17.6 Å². The molecule has 1 aliphatic heterocycles. The van der Waals surface area contributed by atoms with Crippen LogP contribution in [0.3, 0.4) is 0 Å². The zero-order valence-corrected chi connectivity index (χ0v) is 21.7. The van der Waals surface area contributed by atoms with Crippen molar-refractivity contribution in [3.63, 3.8) is 0 Å². The Labute approximate surface area is 222 Å². The summed E-state index contributed by atoms with van der Waals surface area (Å²) in [5.74, 6) is -1.27. The molecule has 1 saturated heterocycles. The van der Waals surface area contributed by atoms with Crippen LogP contribution in [0, 0.1) is 17.6 Å². The van der Waals surface area contributed by atoms with Crippen molar-refractivity contribution in [3.05, 3.63) is 83.8 Å². The molecule has 7 nitrogen and oxygen atoms in total. The maximum atomic E-state index is 13.4.